The standard InChI is InChI=1S/C19H22O3/c1-21-19(20)17-12-11-15-9-5-6-10-16(15)18(17)22-13-14-7-3-2-4-8-14/h5-6,9-12,14H,2-4,7-8,13H2,1H3. The van der Waals surface area contributed by atoms with Crippen LogP contribution in [0.4, 0.5) is 0 Å². The second-order valence-corrected chi connectivity index (χ2v) is 5.97. The van der Waals surface area contributed by atoms with E-state index in [0.29, 0.717) is 23.8 Å². The van der Waals surface area contributed by atoms with Crippen molar-refractivity contribution >= 4 is 16.7 Å². The highest BCUT2D eigenvalue weighted by atomic mass is 16.5. The van der Waals surface area contributed by atoms with E-state index in [1.807, 2.05) is 30.3 Å². The smallest absolute Gasteiger partial charge is 0.341 e. The van der Waals surface area contributed by atoms with Gasteiger partial charge < -0.3 is 9.47 Å². The summed E-state index contributed by atoms with van der Waals surface area (Å²) in [5.41, 5.74) is 0.511. The SMILES string of the molecule is COC(=O)c1ccc2ccccc2c1OCC1CCCCC1. The maximum Gasteiger partial charge on any atom is 0.341 e. The topological polar surface area (TPSA) is 35.5 Å². The number of fused-ring (bicyclic) bond motifs is 1. The van der Waals surface area contributed by atoms with Gasteiger partial charge >= 0.3 is 5.97 Å². The Hall–Kier alpha value is -2.03. The van der Waals surface area contributed by atoms with E-state index >= 15 is 0 Å². The summed E-state index contributed by atoms with van der Waals surface area (Å²) in [5, 5.41) is 2.05. The Bertz CT molecular complexity index is 657. The molecule has 0 atom stereocenters. The molecule has 0 amide bonds. The van der Waals surface area contributed by atoms with Gasteiger partial charge in [0.15, 0.2) is 0 Å². The zero-order valence-electron chi connectivity index (χ0n) is 13.0. The predicted octanol–water partition coefficient (Wildman–Crippen LogP) is 4.59. The van der Waals surface area contributed by atoms with Gasteiger partial charge in [0.05, 0.1) is 13.7 Å². The molecule has 0 aliphatic heterocycles. The van der Waals surface area contributed by atoms with Crippen LogP contribution >= 0.6 is 0 Å². The monoisotopic (exact) mass is 298 g/mol. The number of hydrogen-bond acceptors (Lipinski definition) is 3. The van der Waals surface area contributed by atoms with Crippen molar-refractivity contribution in [1.29, 1.82) is 0 Å². The first-order valence-corrected chi connectivity index (χ1v) is 8.02. The maximum absolute atomic E-state index is 12.0. The fourth-order valence-corrected chi connectivity index (χ4v) is 3.22. The summed E-state index contributed by atoms with van der Waals surface area (Å²) in [6.45, 7) is 0.679. The highest BCUT2D eigenvalue weighted by Gasteiger charge is 2.19. The summed E-state index contributed by atoms with van der Waals surface area (Å²) < 4.78 is 11.0. The molecule has 3 heteroatoms. The van der Waals surface area contributed by atoms with Gasteiger partial charge in [-0.3, -0.25) is 0 Å². The van der Waals surface area contributed by atoms with E-state index in [-0.39, 0.29) is 5.97 Å². The van der Waals surface area contributed by atoms with Gasteiger partial charge in [-0.15, -0.1) is 0 Å². The third-order valence-corrected chi connectivity index (χ3v) is 4.47. The molecule has 1 fully saturated rings. The summed E-state index contributed by atoms with van der Waals surface area (Å²) in [6.07, 6.45) is 6.34. The third kappa shape index (κ3) is 3.08. The van der Waals surface area contributed by atoms with Crippen molar-refractivity contribution in [2.24, 2.45) is 5.92 Å². The number of carbonyl (C=O) groups is 1. The molecule has 2 aromatic carbocycles. The second kappa shape index (κ2) is 6.82. The average molecular weight is 298 g/mol. The van der Waals surface area contributed by atoms with E-state index in [0.717, 1.165) is 10.8 Å². The Balaban J connectivity index is 1.91. The zero-order chi connectivity index (χ0) is 15.4. The van der Waals surface area contributed by atoms with Crippen LogP contribution in [0.2, 0.25) is 0 Å². The van der Waals surface area contributed by atoms with Gasteiger partial charge in [-0.2, -0.15) is 0 Å². The average Bonchev–Trinajstić information content (AvgIpc) is 2.59. The molecular weight excluding hydrogens is 276 g/mol. The van der Waals surface area contributed by atoms with Gasteiger partial charge in [0.25, 0.3) is 0 Å². The Kier molecular flexibility index (Phi) is 4.62. The van der Waals surface area contributed by atoms with Crippen molar-refractivity contribution in [3.8, 4) is 5.75 Å². The van der Waals surface area contributed by atoms with Crippen LogP contribution < -0.4 is 4.74 Å². The van der Waals surface area contributed by atoms with Crippen LogP contribution in [-0.4, -0.2) is 19.7 Å². The Morgan fingerprint density at radius 2 is 1.86 bits per heavy atom. The molecule has 1 aliphatic rings. The molecule has 0 heterocycles. The first kappa shape index (κ1) is 14.9. The molecule has 0 bridgehead atoms. The Labute approximate surface area is 131 Å². The van der Waals surface area contributed by atoms with Crippen molar-refractivity contribution in [3.05, 3.63) is 42.0 Å². The molecule has 0 radical (unpaired) electrons. The summed E-state index contributed by atoms with van der Waals surface area (Å²) in [4.78, 5) is 12.0. The Morgan fingerprint density at radius 3 is 2.64 bits per heavy atom. The first-order chi connectivity index (χ1) is 10.8. The van der Waals surface area contributed by atoms with Crippen molar-refractivity contribution < 1.29 is 14.3 Å². The minimum Gasteiger partial charge on any atom is -0.492 e. The molecule has 0 aromatic heterocycles. The summed E-state index contributed by atoms with van der Waals surface area (Å²) in [6, 6.07) is 11.7. The van der Waals surface area contributed by atoms with Crippen molar-refractivity contribution in [3.63, 3.8) is 0 Å². The lowest BCUT2D eigenvalue weighted by Gasteiger charge is -2.22. The van der Waals surface area contributed by atoms with Gasteiger partial charge in [0.2, 0.25) is 0 Å². The van der Waals surface area contributed by atoms with E-state index in [1.54, 1.807) is 6.07 Å². The van der Waals surface area contributed by atoms with Crippen molar-refractivity contribution in [1.82, 2.24) is 0 Å². The van der Waals surface area contributed by atoms with Crippen LogP contribution in [0.3, 0.4) is 0 Å². The number of benzene rings is 2. The molecule has 2 aromatic rings. The summed E-state index contributed by atoms with van der Waals surface area (Å²) in [5.74, 6) is 0.915. The predicted molar refractivity (Wildman–Crippen MR) is 87.4 cm³/mol. The van der Waals surface area contributed by atoms with E-state index in [4.69, 9.17) is 9.47 Å². The first-order valence-electron chi connectivity index (χ1n) is 8.02. The van der Waals surface area contributed by atoms with Crippen LogP contribution in [0.5, 0.6) is 5.75 Å². The van der Waals surface area contributed by atoms with Crippen LogP contribution in [0.1, 0.15) is 42.5 Å². The van der Waals surface area contributed by atoms with Gasteiger partial charge in [-0.25, -0.2) is 4.79 Å². The van der Waals surface area contributed by atoms with Crippen LogP contribution in [-0.2, 0) is 4.74 Å². The Morgan fingerprint density at radius 1 is 1.09 bits per heavy atom. The van der Waals surface area contributed by atoms with Gasteiger partial charge in [0, 0.05) is 5.39 Å². The molecule has 1 saturated carbocycles. The number of ether oxygens (including phenoxy) is 2. The van der Waals surface area contributed by atoms with E-state index in [1.165, 1.54) is 39.2 Å². The largest absolute Gasteiger partial charge is 0.492 e. The fourth-order valence-electron chi connectivity index (χ4n) is 3.22. The van der Waals surface area contributed by atoms with Crippen LogP contribution in [0, 0.1) is 5.92 Å². The number of esters is 1. The van der Waals surface area contributed by atoms with Crippen molar-refractivity contribution in [2.45, 2.75) is 32.1 Å². The summed E-state index contributed by atoms with van der Waals surface area (Å²) >= 11 is 0. The minimum absolute atomic E-state index is 0.343. The molecule has 116 valence electrons. The van der Waals surface area contributed by atoms with Crippen molar-refractivity contribution in [2.75, 3.05) is 13.7 Å². The lowest BCUT2D eigenvalue weighted by atomic mass is 9.90. The fraction of sp³-hybridized carbons (Fsp3) is 0.421. The van der Waals surface area contributed by atoms with Crippen LogP contribution in [0.15, 0.2) is 36.4 Å². The highest BCUT2D eigenvalue weighted by molar-refractivity contribution is 6.01. The van der Waals surface area contributed by atoms with Crippen LogP contribution in [0.25, 0.3) is 10.8 Å². The number of hydrogen-bond donors (Lipinski definition) is 0. The molecule has 0 saturated heterocycles. The molecule has 3 rings (SSSR count). The lowest BCUT2D eigenvalue weighted by molar-refractivity contribution is 0.0595. The molecule has 0 unspecified atom stereocenters. The third-order valence-electron chi connectivity index (χ3n) is 4.47. The minimum atomic E-state index is -0.343. The molecule has 22 heavy (non-hydrogen) atoms. The number of methoxy groups -OCH3 is 1. The van der Waals surface area contributed by atoms with Gasteiger partial charge in [-0.1, -0.05) is 49.6 Å². The van der Waals surface area contributed by atoms with E-state index < -0.39 is 0 Å². The maximum atomic E-state index is 12.0. The normalized spacial score (nSPS) is 15.7. The number of rotatable bonds is 4. The summed E-state index contributed by atoms with van der Waals surface area (Å²) in [7, 11) is 1.41. The van der Waals surface area contributed by atoms with E-state index in [2.05, 4.69) is 0 Å². The lowest BCUT2D eigenvalue weighted by Crippen LogP contribution is -2.16. The van der Waals surface area contributed by atoms with Gasteiger partial charge in [-0.05, 0) is 30.2 Å². The highest BCUT2D eigenvalue weighted by Crippen LogP contribution is 2.32. The molecular formula is C19H22O3. The molecule has 0 spiro atoms. The van der Waals surface area contributed by atoms with E-state index in [9.17, 15) is 4.79 Å². The number of carbonyl (C=O) groups excluding carboxylic acids is 1. The second-order valence-electron chi connectivity index (χ2n) is 5.97. The molecule has 3 nitrogen and oxygen atoms in total. The quantitative estimate of drug-likeness (QED) is 0.775. The molecule has 0 N–H and O–H groups in total. The van der Waals surface area contributed by atoms with Gasteiger partial charge in [0.1, 0.15) is 11.3 Å². The molecule has 1 aliphatic carbocycles. The zero-order valence-corrected chi connectivity index (χ0v) is 13.0.